The molecule has 2 aromatic rings. The van der Waals surface area contributed by atoms with Gasteiger partial charge in [-0.3, -0.25) is 0 Å². The molecule has 0 spiro atoms. The van der Waals surface area contributed by atoms with Gasteiger partial charge in [-0.1, -0.05) is 0 Å². The minimum absolute atomic E-state index is 0.358. The number of nitrogens with zero attached hydrogens (tertiary/aromatic N) is 5. The van der Waals surface area contributed by atoms with Gasteiger partial charge in [-0.05, 0) is 12.8 Å². The van der Waals surface area contributed by atoms with Gasteiger partial charge in [0.05, 0.1) is 14.2 Å². The molecule has 1 fully saturated rings. The second-order valence-electron chi connectivity index (χ2n) is 5.25. The lowest BCUT2D eigenvalue weighted by Gasteiger charge is -2.32. The predicted molar refractivity (Wildman–Crippen MR) is 86.0 cm³/mol. The fraction of sp³-hybridized carbons (Fsp3) is 0.467. The third-order valence-electron chi connectivity index (χ3n) is 3.81. The van der Waals surface area contributed by atoms with Crippen LogP contribution in [0.5, 0.6) is 11.8 Å². The molecule has 0 bridgehead atoms. The van der Waals surface area contributed by atoms with Crippen molar-refractivity contribution in [2.75, 3.05) is 37.5 Å². The molecule has 23 heavy (non-hydrogen) atoms. The average Bonchev–Trinajstić information content (AvgIpc) is 2.62. The van der Waals surface area contributed by atoms with Crippen molar-refractivity contribution in [3.63, 3.8) is 0 Å². The Bertz CT molecular complexity index is 645. The summed E-state index contributed by atoms with van der Waals surface area (Å²) in [5, 5.41) is 3.43. The summed E-state index contributed by atoms with van der Waals surface area (Å²) < 4.78 is 10.3. The highest BCUT2D eigenvalue weighted by molar-refractivity contribution is 5.39. The van der Waals surface area contributed by atoms with E-state index in [0.717, 1.165) is 31.7 Å². The van der Waals surface area contributed by atoms with Gasteiger partial charge in [-0.15, -0.1) is 0 Å². The molecule has 0 amide bonds. The van der Waals surface area contributed by atoms with Crippen molar-refractivity contribution in [1.29, 1.82) is 0 Å². The largest absolute Gasteiger partial charge is 0.481 e. The first kappa shape index (κ1) is 15.3. The smallest absolute Gasteiger partial charge is 0.228 e. The van der Waals surface area contributed by atoms with Crippen LogP contribution in [0.2, 0.25) is 0 Å². The SMILES string of the molecule is COc1cc(NC2CCN(c3nccc(OC)n3)CC2)ncn1. The highest BCUT2D eigenvalue weighted by atomic mass is 16.5. The van der Waals surface area contributed by atoms with Gasteiger partial charge in [0.25, 0.3) is 0 Å². The number of nitrogens with one attached hydrogen (secondary N) is 1. The molecule has 0 saturated carbocycles. The molecule has 122 valence electrons. The van der Waals surface area contributed by atoms with Crippen LogP contribution < -0.4 is 19.7 Å². The molecule has 0 unspecified atom stereocenters. The number of hydrogen-bond donors (Lipinski definition) is 1. The van der Waals surface area contributed by atoms with Crippen LogP contribution in [0.4, 0.5) is 11.8 Å². The van der Waals surface area contributed by atoms with Crippen molar-refractivity contribution >= 4 is 11.8 Å². The van der Waals surface area contributed by atoms with E-state index in [1.807, 2.05) is 0 Å². The van der Waals surface area contributed by atoms with E-state index in [0.29, 0.717) is 23.8 Å². The Morgan fingerprint density at radius 3 is 2.61 bits per heavy atom. The van der Waals surface area contributed by atoms with Gasteiger partial charge in [0.15, 0.2) is 0 Å². The van der Waals surface area contributed by atoms with Gasteiger partial charge < -0.3 is 19.7 Å². The quantitative estimate of drug-likeness (QED) is 0.885. The van der Waals surface area contributed by atoms with E-state index in [2.05, 4.69) is 30.2 Å². The van der Waals surface area contributed by atoms with Gasteiger partial charge >= 0.3 is 0 Å². The maximum absolute atomic E-state index is 5.15. The number of anilines is 2. The van der Waals surface area contributed by atoms with Gasteiger partial charge in [0.1, 0.15) is 12.1 Å². The van der Waals surface area contributed by atoms with E-state index in [4.69, 9.17) is 9.47 Å². The lowest BCUT2D eigenvalue weighted by Crippen LogP contribution is -2.40. The molecule has 8 heteroatoms. The molecule has 2 aromatic heterocycles. The molecule has 8 nitrogen and oxygen atoms in total. The van der Waals surface area contributed by atoms with E-state index in [-0.39, 0.29) is 0 Å². The Labute approximate surface area is 134 Å². The van der Waals surface area contributed by atoms with Crippen molar-refractivity contribution in [2.45, 2.75) is 18.9 Å². The first-order valence-corrected chi connectivity index (χ1v) is 7.53. The van der Waals surface area contributed by atoms with Crippen molar-refractivity contribution in [1.82, 2.24) is 19.9 Å². The monoisotopic (exact) mass is 316 g/mol. The summed E-state index contributed by atoms with van der Waals surface area (Å²) in [5.74, 6) is 2.65. The summed E-state index contributed by atoms with van der Waals surface area (Å²) in [6.07, 6.45) is 5.18. The minimum Gasteiger partial charge on any atom is -0.481 e. The van der Waals surface area contributed by atoms with Crippen LogP contribution in [0.15, 0.2) is 24.7 Å². The van der Waals surface area contributed by atoms with E-state index in [9.17, 15) is 0 Å². The van der Waals surface area contributed by atoms with Crippen LogP contribution >= 0.6 is 0 Å². The molecule has 1 saturated heterocycles. The van der Waals surface area contributed by atoms with Crippen LogP contribution in [0.1, 0.15) is 12.8 Å². The molecule has 3 rings (SSSR count). The third-order valence-corrected chi connectivity index (χ3v) is 3.81. The molecule has 0 aliphatic carbocycles. The van der Waals surface area contributed by atoms with E-state index in [1.54, 1.807) is 32.5 Å². The average molecular weight is 316 g/mol. The second kappa shape index (κ2) is 7.08. The summed E-state index contributed by atoms with van der Waals surface area (Å²) in [7, 11) is 3.21. The van der Waals surface area contributed by atoms with Crippen LogP contribution in [-0.4, -0.2) is 53.3 Å². The number of ether oxygens (including phenoxy) is 2. The highest BCUT2D eigenvalue weighted by Crippen LogP contribution is 2.20. The van der Waals surface area contributed by atoms with Gasteiger partial charge in [0, 0.05) is 37.5 Å². The zero-order valence-corrected chi connectivity index (χ0v) is 13.3. The third kappa shape index (κ3) is 3.77. The molecule has 1 N–H and O–H groups in total. The van der Waals surface area contributed by atoms with Crippen molar-refractivity contribution < 1.29 is 9.47 Å². The van der Waals surface area contributed by atoms with Crippen LogP contribution in [-0.2, 0) is 0 Å². The minimum atomic E-state index is 0.358. The molecule has 0 radical (unpaired) electrons. The van der Waals surface area contributed by atoms with Crippen molar-refractivity contribution in [3.05, 3.63) is 24.7 Å². The Morgan fingerprint density at radius 2 is 1.87 bits per heavy atom. The number of piperidine rings is 1. The van der Waals surface area contributed by atoms with Crippen LogP contribution in [0.3, 0.4) is 0 Å². The van der Waals surface area contributed by atoms with Gasteiger partial charge in [0.2, 0.25) is 17.7 Å². The number of hydrogen-bond acceptors (Lipinski definition) is 8. The number of aromatic nitrogens is 4. The van der Waals surface area contributed by atoms with E-state index in [1.165, 1.54) is 6.33 Å². The summed E-state index contributed by atoms with van der Waals surface area (Å²) in [6, 6.07) is 3.91. The Balaban J connectivity index is 1.57. The summed E-state index contributed by atoms with van der Waals surface area (Å²) in [5.41, 5.74) is 0. The molecule has 1 aliphatic heterocycles. The van der Waals surface area contributed by atoms with Crippen molar-refractivity contribution in [3.8, 4) is 11.8 Å². The molecule has 3 heterocycles. The normalized spacial score (nSPS) is 15.3. The zero-order valence-electron chi connectivity index (χ0n) is 13.3. The number of rotatable bonds is 5. The fourth-order valence-corrected chi connectivity index (χ4v) is 2.56. The Kier molecular flexibility index (Phi) is 4.70. The van der Waals surface area contributed by atoms with Gasteiger partial charge in [-0.25, -0.2) is 15.0 Å². The molecule has 1 aliphatic rings. The van der Waals surface area contributed by atoms with Crippen LogP contribution in [0, 0.1) is 0 Å². The summed E-state index contributed by atoms with van der Waals surface area (Å²) in [4.78, 5) is 19.1. The first-order valence-electron chi connectivity index (χ1n) is 7.53. The lowest BCUT2D eigenvalue weighted by molar-refractivity contribution is 0.395. The lowest BCUT2D eigenvalue weighted by atomic mass is 10.1. The summed E-state index contributed by atoms with van der Waals surface area (Å²) in [6.45, 7) is 1.76. The van der Waals surface area contributed by atoms with Crippen molar-refractivity contribution in [2.24, 2.45) is 0 Å². The van der Waals surface area contributed by atoms with Crippen LogP contribution in [0.25, 0.3) is 0 Å². The maximum Gasteiger partial charge on any atom is 0.228 e. The molecular weight excluding hydrogens is 296 g/mol. The fourth-order valence-electron chi connectivity index (χ4n) is 2.56. The molecular formula is C15H20N6O2. The topological polar surface area (TPSA) is 85.3 Å². The zero-order chi connectivity index (χ0) is 16.1. The predicted octanol–water partition coefficient (Wildman–Crippen LogP) is 1.36. The maximum atomic E-state index is 5.15. The van der Waals surface area contributed by atoms with E-state index >= 15 is 0 Å². The standard InChI is InChI=1S/C15H20N6O2/c1-22-13-3-6-16-15(20-13)21-7-4-11(5-8-21)19-12-9-14(23-2)18-10-17-12/h3,6,9-11H,4-5,7-8H2,1-2H3,(H,17,18,19). The molecule has 0 aromatic carbocycles. The number of methoxy groups -OCH3 is 2. The van der Waals surface area contributed by atoms with E-state index < -0.39 is 0 Å². The Hall–Kier alpha value is -2.64. The molecule has 0 atom stereocenters. The Morgan fingerprint density at radius 1 is 1.09 bits per heavy atom. The second-order valence-corrected chi connectivity index (χ2v) is 5.25. The first-order chi connectivity index (χ1) is 11.3. The summed E-state index contributed by atoms with van der Waals surface area (Å²) >= 11 is 0. The van der Waals surface area contributed by atoms with Gasteiger partial charge in [-0.2, -0.15) is 4.98 Å². The highest BCUT2D eigenvalue weighted by Gasteiger charge is 2.21.